The number of hydrogen-bond donors (Lipinski definition) is 2. The summed E-state index contributed by atoms with van der Waals surface area (Å²) in [6.45, 7) is 0.227. The topological polar surface area (TPSA) is 83.7 Å². The Morgan fingerprint density at radius 1 is 0.964 bits per heavy atom. The summed E-state index contributed by atoms with van der Waals surface area (Å²) < 4.78 is 5.39. The number of nitrogens with zero attached hydrogens (tertiary/aromatic N) is 2. The first-order chi connectivity index (χ1) is 13.8. The Morgan fingerprint density at radius 2 is 1.79 bits per heavy atom. The van der Waals surface area contributed by atoms with Gasteiger partial charge in [-0.2, -0.15) is 0 Å². The number of carbonyl (C=O) groups excluding carboxylic acids is 1. The van der Waals surface area contributed by atoms with Crippen LogP contribution in [0.3, 0.4) is 0 Å². The molecule has 6 nitrogen and oxygen atoms in total. The fourth-order valence-corrected chi connectivity index (χ4v) is 3.28. The molecule has 5 aromatic rings. The standard InChI is InChI=1S/C22H16N4O2/c27-22(28-13-14-4-2-1-3-5-14)20-11-16-10-17-19(12-18(16)24-20)25-26-21(17)15-6-8-23-9-7-15/h1-12,25-26H,13H2. The molecule has 0 saturated carbocycles. The van der Waals surface area contributed by atoms with E-state index in [1.165, 1.54) is 0 Å². The average Bonchev–Trinajstić information content (AvgIpc) is 3.35. The lowest BCUT2D eigenvalue weighted by atomic mass is 10.1. The lowest BCUT2D eigenvalue weighted by Gasteiger charge is -2.02. The number of benzene rings is 2. The van der Waals surface area contributed by atoms with E-state index < -0.39 is 5.97 Å². The van der Waals surface area contributed by atoms with Crippen LogP contribution < -0.4 is 0 Å². The number of aromatic nitrogens is 4. The molecule has 6 heteroatoms. The zero-order valence-corrected chi connectivity index (χ0v) is 14.8. The molecule has 0 atom stereocenters. The minimum absolute atomic E-state index is 0.227. The number of aromatic amines is 2. The molecule has 3 heterocycles. The Bertz CT molecular complexity index is 1270. The van der Waals surface area contributed by atoms with Gasteiger partial charge in [-0.1, -0.05) is 30.3 Å². The van der Waals surface area contributed by atoms with E-state index >= 15 is 0 Å². The van der Waals surface area contributed by atoms with Crippen molar-refractivity contribution in [2.75, 3.05) is 0 Å². The predicted molar refractivity (Wildman–Crippen MR) is 107 cm³/mol. The van der Waals surface area contributed by atoms with Gasteiger partial charge < -0.3 is 9.84 Å². The molecule has 28 heavy (non-hydrogen) atoms. The summed E-state index contributed by atoms with van der Waals surface area (Å²) in [5.74, 6) is -0.426. The summed E-state index contributed by atoms with van der Waals surface area (Å²) in [4.78, 5) is 20.9. The van der Waals surface area contributed by atoms with Crippen LogP contribution in [0.5, 0.6) is 0 Å². The second-order valence-corrected chi connectivity index (χ2v) is 6.52. The van der Waals surface area contributed by atoms with E-state index in [2.05, 4.69) is 20.2 Å². The highest BCUT2D eigenvalue weighted by Crippen LogP contribution is 2.30. The van der Waals surface area contributed by atoms with Gasteiger partial charge in [-0.15, -0.1) is 0 Å². The van der Waals surface area contributed by atoms with Crippen molar-refractivity contribution >= 4 is 27.8 Å². The van der Waals surface area contributed by atoms with E-state index in [0.29, 0.717) is 5.69 Å². The Kier molecular flexibility index (Phi) is 3.87. The van der Waals surface area contributed by atoms with Crippen LogP contribution in [-0.4, -0.2) is 26.1 Å². The number of nitrogens with one attached hydrogen (secondary N) is 2. The average molecular weight is 368 g/mol. The zero-order valence-electron chi connectivity index (χ0n) is 14.8. The van der Waals surface area contributed by atoms with E-state index in [9.17, 15) is 4.79 Å². The summed E-state index contributed by atoms with van der Waals surface area (Å²) >= 11 is 0. The van der Waals surface area contributed by atoms with Gasteiger partial charge in [0.2, 0.25) is 0 Å². The largest absolute Gasteiger partial charge is 0.456 e. The number of rotatable bonds is 4. The molecule has 0 spiro atoms. The van der Waals surface area contributed by atoms with Crippen molar-refractivity contribution < 1.29 is 9.53 Å². The quantitative estimate of drug-likeness (QED) is 0.459. The smallest absolute Gasteiger partial charge is 0.357 e. The first-order valence-corrected chi connectivity index (χ1v) is 8.90. The maximum Gasteiger partial charge on any atom is 0.357 e. The molecule has 0 fully saturated rings. The van der Waals surface area contributed by atoms with Crippen molar-refractivity contribution in [2.45, 2.75) is 6.61 Å². The molecule has 2 N–H and O–H groups in total. The van der Waals surface area contributed by atoms with Crippen LogP contribution in [0.15, 0.2) is 73.1 Å². The lowest BCUT2D eigenvalue weighted by Crippen LogP contribution is -2.05. The summed E-state index contributed by atoms with van der Waals surface area (Å²) in [7, 11) is 0. The first kappa shape index (κ1) is 16.3. The number of H-pyrrole nitrogens is 2. The highest BCUT2D eigenvalue weighted by atomic mass is 16.5. The molecule has 0 aliphatic rings. The van der Waals surface area contributed by atoms with Crippen LogP contribution in [0.1, 0.15) is 16.1 Å². The summed E-state index contributed by atoms with van der Waals surface area (Å²) in [5, 5.41) is 8.28. The second kappa shape index (κ2) is 6.66. The third-order valence-electron chi connectivity index (χ3n) is 4.68. The van der Waals surface area contributed by atoms with E-state index in [0.717, 1.165) is 38.6 Å². The van der Waals surface area contributed by atoms with Gasteiger partial charge in [0.05, 0.1) is 16.7 Å². The molecular weight excluding hydrogens is 352 g/mol. The molecule has 2 aromatic carbocycles. The zero-order chi connectivity index (χ0) is 18.9. The fraction of sp³-hybridized carbons (Fsp3) is 0.0455. The number of carbonyl (C=O) groups is 1. The van der Waals surface area contributed by atoms with Crippen molar-refractivity contribution in [3.8, 4) is 11.3 Å². The molecule has 0 aliphatic heterocycles. The van der Waals surface area contributed by atoms with Gasteiger partial charge in [-0.3, -0.25) is 10.1 Å². The van der Waals surface area contributed by atoms with Crippen LogP contribution in [0, 0.1) is 0 Å². The highest BCUT2D eigenvalue weighted by molar-refractivity contribution is 6.04. The summed E-state index contributed by atoms with van der Waals surface area (Å²) in [6.07, 6.45) is 3.51. The maximum atomic E-state index is 12.4. The van der Waals surface area contributed by atoms with Crippen LogP contribution in [-0.2, 0) is 11.3 Å². The number of pyridine rings is 1. The number of ether oxygens (including phenoxy) is 1. The Balaban J connectivity index is 1.46. The van der Waals surface area contributed by atoms with Crippen molar-refractivity contribution in [1.82, 2.24) is 20.2 Å². The predicted octanol–water partition coefficient (Wildman–Crippen LogP) is 4.46. The Labute approximate surface area is 160 Å². The molecule has 136 valence electrons. The normalized spacial score (nSPS) is 11.1. The number of fused-ring (bicyclic) bond motifs is 2. The highest BCUT2D eigenvalue weighted by Gasteiger charge is 2.15. The molecule has 0 amide bonds. The van der Waals surface area contributed by atoms with Gasteiger partial charge in [-0.05, 0) is 35.9 Å². The molecule has 0 saturated heterocycles. The van der Waals surface area contributed by atoms with E-state index in [1.807, 2.05) is 54.6 Å². The van der Waals surface area contributed by atoms with Crippen molar-refractivity contribution in [3.63, 3.8) is 0 Å². The van der Waals surface area contributed by atoms with E-state index in [-0.39, 0.29) is 6.61 Å². The fourth-order valence-electron chi connectivity index (χ4n) is 3.28. The van der Waals surface area contributed by atoms with Crippen molar-refractivity contribution in [1.29, 1.82) is 0 Å². The van der Waals surface area contributed by atoms with Crippen LogP contribution in [0.25, 0.3) is 33.1 Å². The molecule has 5 rings (SSSR count). The lowest BCUT2D eigenvalue weighted by molar-refractivity contribution is 0.0467. The minimum atomic E-state index is -0.426. The summed E-state index contributed by atoms with van der Waals surface area (Å²) in [6, 6.07) is 19.2. The first-order valence-electron chi connectivity index (χ1n) is 8.90. The molecule has 0 bridgehead atoms. The Morgan fingerprint density at radius 3 is 2.61 bits per heavy atom. The van der Waals surface area contributed by atoms with Gasteiger partial charge in [0.1, 0.15) is 12.3 Å². The van der Waals surface area contributed by atoms with Gasteiger partial charge in [0.15, 0.2) is 0 Å². The minimum Gasteiger partial charge on any atom is -0.456 e. The third-order valence-corrected chi connectivity index (χ3v) is 4.68. The SMILES string of the molecule is O=C(OCc1ccccc1)c1cc2cc3c(-c4ccncc4)[nH][nH]c3cc2n1. The van der Waals surface area contributed by atoms with Gasteiger partial charge in [-0.25, -0.2) is 9.78 Å². The molecule has 0 radical (unpaired) electrons. The van der Waals surface area contributed by atoms with Gasteiger partial charge in [0, 0.05) is 28.7 Å². The third kappa shape index (κ3) is 2.91. The van der Waals surface area contributed by atoms with Gasteiger partial charge >= 0.3 is 5.97 Å². The Hall–Kier alpha value is -3.93. The molecule has 0 aliphatic carbocycles. The van der Waals surface area contributed by atoms with E-state index in [1.54, 1.807) is 18.5 Å². The van der Waals surface area contributed by atoms with Crippen molar-refractivity contribution in [2.24, 2.45) is 0 Å². The molecule has 3 aromatic heterocycles. The maximum absolute atomic E-state index is 12.4. The van der Waals surface area contributed by atoms with E-state index in [4.69, 9.17) is 4.74 Å². The van der Waals surface area contributed by atoms with Crippen LogP contribution >= 0.6 is 0 Å². The van der Waals surface area contributed by atoms with Gasteiger partial charge in [0.25, 0.3) is 0 Å². The second-order valence-electron chi connectivity index (χ2n) is 6.52. The number of esters is 1. The van der Waals surface area contributed by atoms with Crippen LogP contribution in [0.2, 0.25) is 0 Å². The molecule has 0 unspecified atom stereocenters. The van der Waals surface area contributed by atoms with Crippen molar-refractivity contribution in [3.05, 3.63) is 84.3 Å². The monoisotopic (exact) mass is 368 g/mol. The summed E-state index contributed by atoms with van der Waals surface area (Å²) in [5.41, 5.74) is 4.92. The number of hydrogen-bond acceptors (Lipinski definition) is 4. The molecular formula is C22H16N4O2. The van der Waals surface area contributed by atoms with Crippen LogP contribution in [0.4, 0.5) is 0 Å².